The summed E-state index contributed by atoms with van der Waals surface area (Å²) in [6, 6.07) is 9.09. The van der Waals surface area contributed by atoms with Gasteiger partial charge in [-0.15, -0.1) is 0 Å². The van der Waals surface area contributed by atoms with Crippen molar-refractivity contribution in [3.8, 4) is 17.1 Å². The summed E-state index contributed by atoms with van der Waals surface area (Å²) in [7, 11) is 0. The Balaban J connectivity index is 1.35. The van der Waals surface area contributed by atoms with Gasteiger partial charge in [-0.25, -0.2) is 9.97 Å². The number of unbranched alkanes of at least 4 members (excludes halogenated alkanes) is 2. The molecule has 0 atom stereocenters. The van der Waals surface area contributed by atoms with Crippen molar-refractivity contribution in [2.24, 2.45) is 5.41 Å². The van der Waals surface area contributed by atoms with Crippen LogP contribution in [0.3, 0.4) is 0 Å². The highest BCUT2D eigenvalue weighted by Crippen LogP contribution is 2.59. The van der Waals surface area contributed by atoms with E-state index in [1.807, 2.05) is 0 Å². The first-order chi connectivity index (χ1) is 15.2. The summed E-state index contributed by atoms with van der Waals surface area (Å²) in [5.74, 6) is 1.49. The third-order valence-electron chi connectivity index (χ3n) is 7.80. The maximum absolute atomic E-state index is 5.72. The molecule has 0 amide bonds. The lowest BCUT2D eigenvalue weighted by atomic mass is 9.51. The summed E-state index contributed by atoms with van der Waals surface area (Å²) in [4.78, 5) is 9.07. The van der Waals surface area contributed by atoms with Gasteiger partial charge in [0.25, 0.3) is 0 Å². The first-order valence-electron chi connectivity index (χ1n) is 12.4. The number of ether oxygens (including phenoxy) is 1. The van der Waals surface area contributed by atoms with Crippen molar-refractivity contribution >= 4 is 0 Å². The number of fused-ring (bicyclic) bond motifs is 3. The van der Waals surface area contributed by atoms with Crippen LogP contribution in [0.1, 0.15) is 90.0 Å². The van der Waals surface area contributed by atoms with E-state index in [4.69, 9.17) is 4.74 Å². The molecule has 3 fully saturated rings. The van der Waals surface area contributed by atoms with E-state index >= 15 is 0 Å². The van der Waals surface area contributed by atoms with Crippen LogP contribution in [0.15, 0.2) is 48.8 Å². The molecule has 0 saturated heterocycles. The number of hydrogen-bond donors (Lipinski definition) is 0. The average Bonchev–Trinajstić information content (AvgIpc) is 2.83. The van der Waals surface area contributed by atoms with Gasteiger partial charge in [0, 0.05) is 5.56 Å². The molecule has 3 aliphatic rings. The van der Waals surface area contributed by atoms with Crippen LogP contribution in [0.4, 0.5) is 0 Å². The lowest BCUT2D eigenvalue weighted by Crippen LogP contribution is -2.44. The van der Waals surface area contributed by atoms with E-state index in [9.17, 15) is 0 Å². The zero-order valence-corrected chi connectivity index (χ0v) is 19.4. The normalized spacial score (nSPS) is 25.2. The molecule has 2 aromatic rings. The molecule has 31 heavy (non-hydrogen) atoms. The monoisotopic (exact) mass is 418 g/mol. The molecule has 3 nitrogen and oxygen atoms in total. The third kappa shape index (κ3) is 5.02. The van der Waals surface area contributed by atoms with Crippen molar-refractivity contribution < 1.29 is 4.74 Å². The predicted molar refractivity (Wildman–Crippen MR) is 128 cm³/mol. The summed E-state index contributed by atoms with van der Waals surface area (Å²) in [5.41, 5.74) is 3.69. The Morgan fingerprint density at radius 2 is 1.55 bits per heavy atom. The lowest BCUT2D eigenvalue weighted by Gasteiger charge is -2.54. The molecule has 1 heterocycles. The molecule has 0 unspecified atom stereocenters. The SMILES string of the molecule is CCCC/C=C/COc1cnc(-c2ccc(C34CCC(CCC)(CC3)CC4)cc2)nc1. The smallest absolute Gasteiger partial charge is 0.159 e. The number of aromatic nitrogens is 2. The Morgan fingerprint density at radius 1 is 0.871 bits per heavy atom. The van der Waals surface area contributed by atoms with Gasteiger partial charge >= 0.3 is 0 Å². The average molecular weight is 419 g/mol. The van der Waals surface area contributed by atoms with E-state index in [1.54, 1.807) is 12.4 Å². The van der Waals surface area contributed by atoms with Crippen LogP contribution in [-0.4, -0.2) is 16.6 Å². The Hall–Kier alpha value is -2.16. The van der Waals surface area contributed by atoms with Gasteiger partial charge in [-0.1, -0.05) is 69.5 Å². The van der Waals surface area contributed by atoms with Gasteiger partial charge in [-0.05, 0) is 67.8 Å². The molecular formula is C28H38N2O. The predicted octanol–water partition coefficient (Wildman–Crippen LogP) is 7.66. The number of nitrogens with zero attached hydrogens (tertiary/aromatic N) is 2. The van der Waals surface area contributed by atoms with Gasteiger partial charge in [0.2, 0.25) is 0 Å². The first kappa shape index (κ1) is 22.0. The first-order valence-corrected chi connectivity index (χ1v) is 12.4. The maximum atomic E-state index is 5.72. The second kappa shape index (κ2) is 9.97. The lowest BCUT2D eigenvalue weighted by molar-refractivity contribution is 0.0320. The molecule has 1 aromatic carbocycles. The summed E-state index contributed by atoms with van der Waals surface area (Å²) >= 11 is 0. The summed E-state index contributed by atoms with van der Waals surface area (Å²) in [5, 5.41) is 0. The Morgan fingerprint density at radius 3 is 2.16 bits per heavy atom. The van der Waals surface area contributed by atoms with Gasteiger partial charge in [-0.2, -0.15) is 0 Å². The maximum Gasteiger partial charge on any atom is 0.159 e. The quantitative estimate of drug-likeness (QED) is 0.293. The van der Waals surface area contributed by atoms with Crippen LogP contribution in [0, 0.1) is 5.41 Å². The molecule has 0 radical (unpaired) electrons. The molecular weight excluding hydrogens is 380 g/mol. The van der Waals surface area contributed by atoms with Gasteiger partial charge in [0.05, 0.1) is 12.4 Å². The van der Waals surface area contributed by atoms with Crippen LogP contribution in [0.2, 0.25) is 0 Å². The van der Waals surface area contributed by atoms with Crippen LogP contribution >= 0.6 is 0 Å². The molecule has 5 rings (SSSR count). The molecule has 3 heteroatoms. The van der Waals surface area contributed by atoms with Crippen LogP contribution in [0.25, 0.3) is 11.4 Å². The Bertz CT molecular complexity index is 829. The van der Waals surface area contributed by atoms with E-state index in [0.29, 0.717) is 17.4 Å². The largest absolute Gasteiger partial charge is 0.486 e. The molecule has 0 N–H and O–H groups in total. The van der Waals surface area contributed by atoms with Gasteiger partial charge in [0.1, 0.15) is 6.61 Å². The van der Waals surface area contributed by atoms with Crippen molar-refractivity contribution in [3.63, 3.8) is 0 Å². The zero-order valence-electron chi connectivity index (χ0n) is 19.4. The highest BCUT2D eigenvalue weighted by molar-refractivity contribution is 5.56. The molecule has 0 spiro atoms. The molecule has 166 valence electrons. The third-order valence-corrected chi connectivity index (χ3v) is 7.80. The Kier molecular flexibility index (Phi) is 7.09. The van der Waals surface area contributed by atoms with E-state index < -0.39 is 0 Å². The summed E-state index contributed by atoms with van der Waals surface area (Å²) in [6.45, 7) is 5.12. The standard InChI is InChI=1S/C28H38N2O/c1-3-5-6-7-8-20-31-25-21-29-26(30-22-25)23-9-11-24(12-10-23)28-17-14-27(13-4-2,15-18-28)16-19-28/h7-12,21-22H,3-6,13-20H2,1-2H3/b8-7+. The van der Waals surface area contributed by atoms with Crippen molar-refractivity contribution in [1.82, 2.24) is 9.97 Å². The zero-order chi connectivity index (χ0) is 21.6. The van der Waals surface area contributed by atoms with Gasteiger partial charge in [0.15, 0.2) is 11.6 Å². The minimum atomic E-state index is 0.414. The number of benzene rings is 1. The van der Waals surface area contributed by atoms with Crippen LogP contribution in [-0.2, 0) is 5.41 Å². The van der Waals surface area contributed by atoms with E-state index in [0.717, 1.165) is 23.6 Å². The fourth-order valence-corrected chi connectivity index (χ4v) is 5.77. The molecule has 3 saturated carbocycles. The summed E-state index contributed by atoms with van der Waals surface area (Å²) < 4.78 is 5.72. The Labute approximate surface area is 188 Å². The van der Waals surface area contributed by atoms with Crippen molar-refractivity contribution in [2.45, 2.75) is 89.9 Å². The van der Waals surface area contributed by atoms with Gasteiger partial charge < -0.3 is 4.74 Å². The second-order valence-electron chi connectivity index (χ2n) is 9.77. The number of allylic oxidation sites excluding steroid dienone is 1. The summed E-state index contributed by atoms with van der Waals surface area (Å²) in [6.07, 6.45) is 22.5. The van der Waals surface area contributed by atoms with E-state index in [1.165, 1.54) is 69.8 Å². The second-order valence-corrected chi connectivity index (χ2v) is 9.77. The topological polar surface area (TPSA) is 35.0 Å². The molecule has 2 bridgehead atoms. The fraction of sp³-hybridized carbons (Fsp3) is 0.571. The molecule has 0 aliphatic heterocycles. The van der Waals surface area contributed by atoms with E-state index in [-0.39, 0.29) is 0 Å². The molecule has 1 aromatic heterocycles. The van der Waals surface area contributed by atoms with Crippen LogP contribution < -0.4 is 4.74 Å². The molecule has 3 aliphatic carbocycles. The van der Waals surface area contributed by atoms with Crippen molar-refractivity contribution in [3.05, 3.63) is 54.4 Å². The van der Waals surface area contributed by atoms with Crippen molar-refractivity contribution in [1.29, 1.82) is 0 Å². The number of hydrogen-bond acceptors (Lipinski definition) is 3. The van der Waals surface area contributed by atoms with Crippen molar-refractivity contribution in [2.75, 3.05) is 6.61 Å². The van der Waals surface area contributed by atoms with Gasteiger partial charge in [-0.3, -0.25) is 0 Å². The number of rotatable bonds is 10. The highest BCUT2D eigenvalue weighted by atomic mass is 16.5. The van der Waals surface area contributed by atoms with Crippen LogP contribution in [0.5, 0.6) is 5.75 Å². The van der Waals surface area contributed by atoms with E-state index in [2.05, 4.69) is 60.2 Å². The minimum absolute atomic E-state index is 0.414. The minimum Gasteiger partial charge on any atom is -0.486 e. The highest BCUT2D eigenvalue weighted by Gasteiger charge is 2.48. The fourth-order valence-electron chi connectivity index (χ4n) is 5.77.